The number of nitrogens with zero attached hydrogens (tertiary/aromatic N) is 3. The van der Waals surface area contributed by atoms with Gasteiger partial charge in [-0.25, -0.2) is 0 Å². The SMILES string of the molecule is Cc1nccc2c3cc(C#N)c(OC[C@@](C)(N)CC(C)C)cc3c(=O)n(C3CC3)c12. The van der Waals surface area contributed by atoms with Crippen LogP contribution in [-0.4, -0.2) is 21.7 Å². The fourth-order valence-corrected chi connectivity index (χ4v) is 4.41. The van der Waals surface area contributed by atoms with Crippen molar-refractivity contribution in [2.24, 2.45) is 11.7 Å². The third kappa shape index (κ3) is 3.66. The highest BCUT2D eigenvalue weighted by molar-refractivity contribution is 6.07. The van der Waals surface area contributed by atoms with Gasteiger partial charge in [0.25, 0.3) is 5.56 Å². The first kappa shape index (κ1) is 20.4. The summed E-state index contributed by atoms with van der Waals surface area (Å²) in [6.07, 6.45) is 4.54. The Hall–Kier alpha value is -2.91. The third-order valence-corrected chi connectivity index (χ3v) is 5.67. The lowest BCUT2D eigenvalue weighted by atomic mass is 9.93. The van der Waals surface area contributed by atoms with Gasteiger partial charge in [-0.3, -0.25) is 9.78 Å². The van der Waals surface area contributed by atoms with Crippen molar-refractivity contribution in [1.29, 1.82) is 5.26 Å². The molecule has 2 aromatic heterocycles. The predicted molar refractivity (Wildman–Crippen MR) is 119 cm³/mol. The van der Waals surface area contributed by atoms with Gasteiger partial charge in [-0.05, 0) is 62.6 Å². The maximum atomic E-state index is 13.4. The van der Waals surface area contributed by atoms with Crippen molar-refractivity contribution in [1.82, 2.24) is 9.55 Å². The Morgan fingerprint density at radius 3 is 2.70 bits per heavy atom. The normalized spacial score (nSPS) is 16.0. The number of aromatic nitrogens is 2. The van der Waals surface area contributed by atoms with Crippen LogP contribution in [0, 0.1) is 24.2 Å². The van der Waals surface area contributed by atoms with E-state index in [-0.39, 0.29) is 18.2 Å². The van der Waals surface area contributed by atoms with Crippen molar-refractivity contribution in [3.8, 4) is 11.8 Å². The Bertz CT molecular complexity index is 1230. The van der Waals surface area contributed by atoms with Gasteiger partial charge >= 0.3 is 0 Å². The van der Waals surface area contributed by atoms with Crippen LogP contribution in [0.4, 0.5) is 0 Å². The molecular formula is C24H28N4O2. The first-order chi connectivity index (χ1) is 14.2. The van der Waals surface area contributed by atoms with Gasteiger partial charge in [-0.2, -0.15) is 5.26 Å². The number of nitriles is 1. The fraction of sp³-hybridized carbons (Fsp3) is 0.458. The lowest BCUT2D eigenvalue weighted by Crippen LogP contribution is -2.43. The highest BCUT2D eigenvalue weighted by atomic mass is 16.5. The number of rotatable bonds is 6. The second-order valence-electron chi connectivity index (χ2n) is 9.25. The Labute approximate surface area is 176 Å². The zero-order valence-corrected chi connectivity index (χ0v) is 18.0. The molecule has 0 amide bonds. The molecular weight excluding hydrogens is 376 g/mol. The van der Waals surface area contributed by atoms with Crippen molar-refractivity contribution < 1.29 is 4.74 Å². The van der Waals surface area contributed by atoms with Crippen molar-refractivity contribution in [2.75, 3.05) is 6.61 Å². The average molecular weight is 405 g/mol. The topological polar surface area (TPSA) is 93.9 Å². The summed E-state index contributed by atoms with van der Waals surface area (Å²) in [5.74, 6) is 0.847. The lowest BCUT2D eigenvalue weighted by Gasteiger charge is -2.27. The van der Waals surface area contributed by atoms with Crippen LogP contribution >= 0.6 is 0 Å². The van der Waals surface area contributed by atoms with Gasteiger partial charge in [0.2, 0.25) is 0 Å². The molecule has 6 heteroatoms. The molecule has 1 aromatic carbocycles. The first-order valence-electron chi connectivity index (χ1n) is 10.5. The molecule has 1 aliphatic rings. The molecule has 0 radical (unpaired) electrons. The lowest BCUT2D eigenvalue weighted by molar-refractivity contribution is 0.206. The number of pyridine rings is 2. The van der Waals surface area contributed by atoms with Crippen molar-refractivity contribution in [2.45, 2.75) is 58.5 Å². The number of hydrogen-bond donors (Lipinski definition) is 1. The molecule has 30 heavy (non-hydrogen) atoms. The summed E-state index contributed by atoms with van der Waals surface area (Å²) in [6, 6.07) is 7.84. The van der Waals surface area contributed by atoms with Gasteiger partial charge in [0, 0.05) is 23.2 Å². The van der Waals surface area contributed by atoms with E-state index in [1.165, 1.54) is 0 Å². The summed E-state index contributed by atoms with van der Waals surface area (Å²) in [6.45, 7) is 8.38. The van der Waals surface area contributed by atoms with Crippen LogP contribution in [0.1, 0.15) is 57.3 Å². The quantitative estimate of drug-likeness (QED) is 0.621. The highest BCUT2D eigenvalue weighted by Gasteiger charge is 2.29. The molecule has 3 aromatic rings. The van der Waals surface area contributed by atoms with Crippen LogP contribution in [0.3, 0.4) is 0 Å². The van der Waals surface area contributed by atoms with Crippen LogP contribution in [0.2, 0.25) is 0 Å². The first-order valence-corrected chi connectivity index (χ1v) is 10.5. The van der Waals surface area contributed by atoms with Crippen LogP contribution in [0.15, 0.2) is 29.2 Å². The number of nitrogens with two attached hydrogens (primary N) is 1. The summed E-state index contributed by atoms with van der Waals surface area (Å²) in [4.78, 5) is 17.8. The fourth-order valence-electron chi connectivity index (χ4n) is 4.41. The summed E-state index contributed by atoms with van der Waals surface area (Å²) < 4.78 is 7.88. The number of ether oxygens (including phenoxy) is 1. The van der Waals surface area contributed by atoms with Crippen molar-refractivity contribution in [3.05, 3.63) is 46.0 Å². The molecule has 1 atom stereocenters. The number of aryl methyl sites for hydroxylation is 1. The Balaban J connectivity index is 1.89. The molecule has 0 unspecified atom stereocenters. The minimum Gasteiger partial charge on any atom is -0.490 e. The van der Waals surface area contributed by atoms with Crippen LogP contribution in [-0.2, 0) is 0 Å². The second kappa shape index (κ2) is 7.41. The number of benzene rings is 1. The number of hydrogen-bond acceptors (Lipinski definition) is 5. The minimum atomic E-state index is -0.518. The van der Waals surface area contributed by atoms with Gasteiger partial charge in [0.1, 0.15) is 18.4 Å². The van der Waals surface area contributed by atoms with E-state index in [0.717, 1.165) is 41.2 Å². The second-order valence-corrected chi connectivity index (χ2v) is 9.25. The van der Waals surface area contributed by atoms with Gasteiger partial charge in [-0.15, -0.1) is 0 Å². The third-order valence-electron chi connectivity index (χ3n) is 5.67. The molecule has 156 valence electrons. The maximum Gasteiger partial charge on any atom is 0.259 e. The van der Waals surface area contributed by atoms with E-state index in [0.29, 0.717) is 22.6 Å². The molecule has 6 nitrogen and oxygen atoms in total. The molecule has 2 heterocycles. The largest absolute Gasteiger partial charge is 0.490 e. The highest BCUT2D eigenvalue weighted by Crippen LogP contribution is 2.38. The zero-order chi connectivity index (χ0) is 21.6. The Kier molecular flexibility index (Phi) is 5.03. The van der Waals surface area contributed by atoms with E-state index in [9.17, 15) is 10.1 Å². The Morgan fingerprint density at radius 1 is 1.33 bits per heavy atom. The molecule has 1 aliphatic carbocycles. The van der Waals surface area contributed by atoms with E-state index in [2.05, 4.69) is 24.9 Å². The number of fused-ring (bicyclic) bond motifs is 3. The van der Waals surface area contributed by atoms with Gasteiger partial charge < -0.3 is 15.0 Å². The van der Waals surface area contributed by atoms with Crippen LogP contribution in [0.5, 0.6) is 5.75 Å². The monoisotopic (exact) mass is 404 g/mol. The van der Waals surface area contributed by atoms with Gasteiger partial charge in [-0.1, -0.05) is 13.8 Å². The standard InChI is InChI=1S/C24H28N4O2/c1-14(2)11-24(4,26)13-30-21-10-20-19(9-16(21)12-25)18-7-8-27-15(3)22(18)28(23(20)29)17-5-6-17/h7-10,14,17H,5-6,11,13,26H2,1-4H3/t24-/m0/s1. The van der Waals surface area contributed by atoms with Gasteiger partial charge in [0.15, 0.2) is 0 Å². The van der Waals surface area contributed by atoms with E-state index in [1.807, 2.05) is 24.5 Å². The molecule has 1 fully saturated rings. The summed E-state index contributed by atoms with van der Waals surface area (Å²) in [5.41, 5.74) is 7.90. The van der Waals surface area contributed by atoms with E-state index < -0.39 is 5.54 Å². The summed E-state index contributed by atoms with van der Waals surface area (Å²) in [7, 11) is 0. The smallest absolute Gasteiger partial charge is 0.259 e. The molecule has 0 saturated heterocycles. The zero-order valence-electron chi connectivity index (χ0n) is 18.0. The van der Waals surface area contributed by atoms with Gasteiger partial charge in [0.05, 0.1) is 22.2 Å². The van der Waals surface area contributed by atoms with Crippen LogP contribution < -0.4 is 16.0 Å². The van der Waals surface area contributed by atoms with Crippen molar-refractivity contribution >= 4 is 21.7 Å². The summed E-state index contributed by atoms with van der Waals surface area (Å²) >= 11 is 0. The van der Waals surface area contributed by atoms with Crippen molar-refractivity contribution in [3.63, 3.8) is 0 Å². The predicted octanol–water partition coefficient (Wildman–Crippen LogP) is 4.21. The Morgan fingerprint density at radius 2 is 2.07 bits per heavy atom. The molecule has 0 aliphatic heterocycles. The van der Waals surface area contributed by atoms with E-state index in [4.69, 9.17) is 10.5 Å². The maximum absolute atomic E-state index is 13.4. The molecule has 4 rings (SSSR count). The summed E-state index contributed by atoms with van der Waals surface area (Å²) in [5, 5.41) is 12.0. The molecule has 0 spiro atoms. The van der Waals surface area contributed by atoms with Crippen LogP contribution in [0.25, 0.3) is 21.7 Å². The average Bonchev–Trinajstić information content (AvgIpc) is 3.51. The minimum absolute atomic E-state index is 0.0527. The van der Waals surface area contributed by atoms with E-state index in [1.54, 1.807) is 18.3 Å². The van der Waals surface area contributed by atoms with E-state index >= 15 is 0 Å². The molecule has 2 N–H and O–H groups in total. The molecule has 0 bridgehead atoms. The molecule has 1 saturated carbocycles.